The van der Waals surface area contributed by atoms with Gasteiger partial charge in [0.05, 0.1) is 6.61 Å². The summed E-state index contributed by atoms with van der Waals surface area (Å²) in [5, 5.41) is 9.04. The van der Waals surface area contributed by atoms with Crippen molar-refractivity contribution in [3.05, 3.63) is 11.9 Å². The fourth-order valence-electron chi connectivity index (χ4n) is 2.49. The number of hydrogen-bond donors (Lipinski definition) is 2. The van der Waals surface area contributed by atoms with Crippen LogP contribution in [-0.4, -0.2) is 65.9 Å². The molecule has 3 N–H and O–H groups in total. The molecule has 7 heteroatoms. The molecule has 7 nitrogen and oxygen atoms in total. The van der Waals surface area contributed by atoms with Gasteiger partial charge in [-0.15, -0.1) is 0 Å². The molecule has 0 unspecified atom stereocenters. The quantitative estimate of drug-likeness (QED) is 0.769. The average molecular weight is 295 g/mol. The number of nitrogens with two attached hydrogens (primary N) is 1. The minimum atomic E-state index is 0.207. The van der Waals surface area contributed by atoms with E-state index >= 15 is 0 Å². The molecule has 0 saturated carbocycles. The maximum atomic E-state index is 9.04. The van der Waals surface area contributed by atoms with E-state index in [0.717, 1.165) is 45.0 Å². The Labute approximate surface area is 125 Å². The van der Waals surface area contributed by atoms with E-state index < -0.39 is 0 Å². The fraction of sp³-hybridized carbons (Fsp3) is 0.714. The predicted molar refractivity (Wildman–Crippen MR) is 82.1 cm³/mol. The Morgan fingerprint density at radius 3 is 2.90 bits per heavy atom. The van der Waals surface area contributed by atoms with Crippen LogP contribution in [-0.2, 0) is 11.3 Å². The van der Waals surface area contributed by atoms with Gasteiger partial charge >= 0.3 is 0 Å². The van der Waals surface area contributed by atoms with E-state index in [1.54, 1.807) is 0 Å². The second-order valence-electron chi connectivity index (χ2n) is 5.11. The monoisotopic (exact) mass is 295 g/mol. The molecular formula is C14H25N5O2. The fourth-order valence-corrected chi connectivity index (χ4v) is 2.49. The first-order valence-electron chi connectivity index (χ1n) is 7.52. The molecule has 0 aromatic carbocycles. The molecule has 1 aromatic rings. The Kier molecular flexibility index (Phi) is 6.16. The van der Waals surface area contributed by atoms with Gasteiger partial charge in [0.15, 0.2) is 5.82 Å². The summed E-state index contributed by atoms with van der Waals surface area (Å²) in [5.74, 6) is 1.97. The van der Waals surface area contributed by atoms with Crippen molar-refractivity contribution in [2.75, 3.05) is 56.6 Å². The molecule has 0 atom stereocenters. The van der Waals surface area contributed by atoms with E-state index in [0.29, 0.717) is 24.9 Å². The number of rotatable bonds is 6. The van der Waals surface area contributed by atoms with Crippen LogP contribution < -0.4 is 10.6 Å². The number of nitrogens with zero attached hydrogens (tertiary/aromatic N) is 4. The Bertz CT molecular complexity index is 443. The molecule has 0 amide bonds. The largest absolute Gasteiger partial charge is 0.395 e. The number of β-amino-alcohol motifs (C(OH)–C–C–N with tert-alkyl or cyclic N) is 1. The number of hydrogen-bond acceptors (Lipinski definition) is 7. The van der Waals surface area contributed by atoms with Gasteiger partial charge in [-0.2, -0.15) is 0 Å². The van der Waals surface area contributed by atoms with E-state index in [9.17, 15) is 0 Å². The third-order valence-electron chi connectivity index (χ3n) is 3.54. The molecule has 2 heterocycles. The maximum absolute atomic E-state index is 9.04. The van der Waals surface area contributed by atoms with Gasteiger partial charge in [0.2, 0.25) is 0 Å². The lowest BCUT2D eigenvalue weighted by Crippen LogP contribution is -2.33. The Morgan fingerprint density at radius 2 is 2.14 bits per heavy atom. The van der Waals surface area contributed by atoms with Crippen molar-refractivity contribution in [1.29, 1.82) is 0 Å². The van der Waals surface area contributed by atoms with Crippen LogP contribution in [0.2, 0.25) is 0 Å². The van der Waals surface area contributed by atoms with Crippen molar-refractivity contribution in [2.24, 2.45) is 0 Å². The lowest BCUT2D eigenvalue weighted by atomic mass is 10.3. The van der Waals surface area contributed by atoms with Gasteiger partial charge < -0.3 is 20.5 Å². The summed E-state index contributed by atoms with van der Waals surface area (Å²) >= 11 is 0. The molecule has 0 aliphatic carbocycles. The maximum Gasteiger partial charge on any atom is 0.158 e. The molecule has 0 bridgehead atoms. The van der Waals surface area contributed by atoms with Crippen LogP contribution in [0.15, 0.2) is 6.07 Å². The molecule has 0 spiro atoms. The minimum absolute atomic E-state index is 0.207. The molecule has 2 rings (SSSR count). The highest BCUT2D eigenvalue weighted by Gasteiger charge is 2.16. The summed E-state index contributed by atoms with van der Waals surface area (Å²) in [4.78, 5) is 13.3. The topological polar surface area (TPSA) is 87.7 Å². The first kappa shape index (κ1) is 15.9. The molecule has 0 radical (unpaired) electrons. The Balaban J connectivity index is 2.04. The molecule has 21 heavy (non-hydrogen) atoms. The van der Waals surface area contributed by atoms with Crippen LogP contribution in [0.4, 0.5) is 11.6 Å². The number of aromatic nitrogens is 2. The average Bonchev–Trinajstić information content (AvgIpc) is 2.71. The Hall–Kier alpha value is -1.44. The number of aliphatic hydroxyl groups excluding tert-OH is 1. The van der Waals surface area contributed by atoms with Crippen molar-refractivity contribution in [2.45, 2.75) is 20.0 Å². The van der Waals surface area contributed by atoms with Gasteiger partial charge in [0, 0.05) is 38.9 Å². The lowest BCUT2D eigenvalue weighted by Gasteiger charge is -2.23. The van der Waals surface area contributed by atoms with Gasteiger partial charge in [0.1, 0.15) is 18.2 Å². The highest BCUT2D eigenvalue weighted by Crippen LogP contribution is 2.17. The smallest absolute Gasteiger partial charge is 0.158 e. The van der Waals surface area contributed by atoms with Crippen LogP contribution >= 0.6 is 0 Å². The van der Waals surface area contributed by atoms with E-state index in [1.807, 2.05) is 13.0 Å². The third-order valence-corrected chi connectivity index (χ3v) is 3.54. The summed E-state index contributed by atoms with van der Waals surface area (Å²) < 4.78 is 5.36. The van der Waals surface area contributed by atoms with Crippen LogP contribution in [0.25, 0.3) is 0 Å². The molecule has 1 aliphatic heterocycles. The highest BCUT2D eigenvalue weighted by atomic mass is 16.5. The van der Waals surface area contributed by atoms with E-state index in [1.165, 1.54) is 0 Å². The summed E-state index contributed by atoms with van der Waals surface area (Å²) in [6.07, 6.45) is 1.05. The van der Waals surface area contributed by atoms with Crippen LogP contribution in [0.1, 0.15) is 19.2 Å². The van der Waals surface area contributed by atoms with Crippen molar-refractivity contribution >= 4 is 11.6 Å². The van der Waals surface area contributed by atoms with Crippen LogP contribution in [0.3, 0.4) is 0 Å². The number of ether oxygens (including phenoxy) is 1. The van der Waals surface area contributed by atoms with Crippen molar-refractivity contribution in [3.63, 3.8) is 0 Å². The highest BCUT2D eigenvalue weighted by molar-refractivity contribution is 5.47. The van der Waals surface area contributed by atoms with Gasteiger partial charge in [-0.05, 0) is 19.9 Å². The number of nitrogen functional groups attached to an aromatic ring is 1. The van der Waals surface area contributed by atoms with Crippen molar-refractivity contribution < 1.29 is 9.84 Å². The predicted octanol–water partition coefficient (Wildman–Crippen LogP) is 0.0997. The zero-order chi connectivity index (χ0) is 15.1. The van der Waals surface area contributed by atoms with Gasteiger partial charge in [-0.3, -0.25) is 4.90 Å². The van der Waals surface area contributed by atoms with Gasteiger partial charge in [-0.25, -0.2) is 9.97 Å². The zero-order valence-electron chi connectivity index (χ0n) is 12.7. The van der Waals surface area contributed by atoms with E-state index in [4.69, 9.17) is 15.6 Å². The van der Waals surface area contributed by atoms with Crippen molar-refractivity contribution in [1.82, 2.24) is 14.9 Å². The van der Waals surface area contributed by atoms with Gasteiger partial charge in [-0.1, -0.05) is 0 Å². The molecular weight excluding hydrogens is 270 g/mol. The van der Waals surface area contributed by atoms with Crippen molar-refractivity contribution in [3.8, 4) is 0 Å². The first-order valence-corrected chi connectivity index (χ1v) is 7.52. The lowest BCUT2D eigenvalue weighted by molar-refractivity contribution is 0.128. The SMILES string of the molecule is CCOCc1nc(N)cc(N2CCCN(CCO)CC2)n1. The molecule has 1 aliphatic rings. The Morgan fingerprint density at radius 1 is 1.29 bits per heavy atom. The standard InChI is InChI=1S/C14H25N5O2/c1-2-21-11-13-16-12(15)10-14(17-13)19-5-3-4-18(6-7-19)8-9-20/h10,20H,2-9,11H2,1H3,(H2,15,16,17). The summed E-state index contributed by atoms with van der Waals surface area (Å²) in [6, 6.07) is 1.82. The van der Waals surface area contributed by atoms with Crippen LogP contribution in [0.5, 0.6) is 0 Å². The zero-order valence-corrected chi connectivity index (χ0v) is 12.7. The van der Waals surface area contributed by atoms with Crippen LogP contribution in [0, 0.1) is 0 Å². The normalized spacial score (nSPS) is 17.0. The summed E-state index contributed by atoms with van der Waals surface area (Å²) in [7, 11) is 0. The molecule has 1 aromatic heterocycles. The summed E-state index contributed by atoms with van der Waals surface area (Å²) in [6.45, 7) is 7.64. The molecule has 1 fully saturated rings. The summed E-state index contributed by atoms with van der Waals surface area (Å²) in [5.41, 5.74) is 5.88. The first-order chi connectivity index (χ1) is 10.2. The second kappa shape index (κ2) is 8.11. The third kappa shape index (κ3) is 4.80. The van der Waals surface area contributed by atoms with E-state index in [2.05, 4.69) is 19.8 Å². The number of aliphatic hydroxyl groups is 1. The number of anilines is 2. The second-order valence-corrected chi connectivity index (χ2v) is 5.11. The van der Waals surface area contributed by atoms with E-state index in [-0.39, 0.29) is 6.61 Å². The molecule has 1 saturated heterocycles. The molecule has 118 valence electrons. The minimum Gasteiger partial charge on any atom is -0.395 e. The van der Waals surface area contributed by atoms with Gasteiger partial charge in [0.25, 0.3) is 0 Å².